The second kappa shape index (κ2) is 8.53. The van der Waals surface area contributed by atoms with E-state index in [2.05, 4.69) is 33.2 Å². The fraction of sp³-hybridized carbons (Fsp3) is 0.158. The molecule has 0 atom stereocenters. The summed E-state index contributed by atoms with van der Waals surface area (Å²) < 4.78 is 0.743. The quantitative estimate of drug-likeness (QED) is 0.433. The molecular weight excluding hydrogens is 455 g/mol. The Hall–Kier alpha value is -1.40. The lowest BCUT2D eigenvalue weighted by atomic mass is 10.1. The monoisotopic (exact) mass is 468 g/mol. The van der Waals surface area contributed by atoms with Crippen molar-refractivity contribution >= 4 is 61.5 Å². The van der Waals surface area contributed by atoms with E-state index in [0.717, 1.165) is 33.4 Å². The standard InChI is InChI=1S/C19H15BrCl2N2OS/c1-2-5-16-17(11-8-9-14(21)15(22)10-11)23-19(26-16)24-18(25)12-6-3-4-7-13(12)20/h3-4,6-10H,2,5H2,1H3,(H,23,24,25). The van der Waals surface area contributed by atoms with Crippen LogP contribution in [0.4, 0.5) is 5.13 Å². The summed E-state index contributed by atoms with van der Waals surface area (Å²) in [4.78, 5) is 18.3. The van der Waals surface area contributed by atoms with E-state index in [0.29, 0.717) is 20.7 Å². The highest BCUT2D eigenvalue weighted by Gasteiger charge is 2.17. The van der Waals surface area contributed by atoms with Crippen molar-refractivity contribution in [2.75, 3.05) is 5.32 Å². The molecule has 0 bridgehead atoms. The van der Waals surface area contributed by atoms with E-state index >= 15 is 0 Å². The molecule has 134 valence electrons. The lowest BCUT2D eigenvalue weighted by Gasteiger charge is -2.04. The van der Waals surface area contributed by atoms with Gasteiger partial charge in [0.25, 0.3) is 5.91 Å². The average molecular weight is 470 g/mol. The molecule has 1 heterocycles. The molecule has 3 nitrogen and oxygen atoms in total. The summed E-state index contributed by atoms with van der Waals surface area (Å²) in [6.07, 6.45) is 1.85. The van der Waals surface area contributed by atoms with E-state index in [4.69, 9.17) is 23.2 Å². The van der Waals surface area contributed by atoms with E-state index in [1.165, 1.54) is 11.3 Å². The normalized spacial score (nSPS) is 10.8. The third kappa shape index (κ3) is 4.29. The Morgan fingerprint density at radius 2 is 1.96 bits per heavy atom. The largest absolute Gasteiger partial charge is 0.298 e. The summed E-state index contributed by atoms with van der Waals surface area (Å²) in [5.41, 5.74) is 2.29. The van der Waals surface area contributed by atoms with Gasteiger partial charge in [0.1, 0.15) is 0 Å². The molecule has 1 N–H and O–H groups in total. The van der Waals surface area contributed by atoms with Crippen molar-refractivity contribution in [1.82, 2.24) is 4.98 Å². The van der Waals surface area contributed by atoms with Crippen molar-refractivity contribution in [1.29, 1.82) is 0 Å². The van der Waals surface area contributed by atoms with Crippen molar-refractivity contribution < 1.29 is 4.79 Å². The Morgan fingerprint density at radius 1 is 1.19 bits per heavy atom. The van der Waals surface area contributed by atoms with Gasteiger partial charge in [-0.1, -0.05) is 54.7 Å². The zero-order chi connectivity index (χ0) is 18.7. The molecule has 0 unspecified atom stereocenters. The number of aromatic nitrogens is 1. The number of nitrogens with zero attached hydrogens (tertiary/aromatic N) is 1. The fourth-order valence-electron chi connectivity index (χ4n) is 2.48. The number of halogens is 3. The number of thiazole rings is 1. The summed E-state index contributed by atoms with van der Waals surface area (Å²) >= 11 is 17.0. The SMILES string of the molecule is CCCc1sc(NC(=O)c2ccccc2Br)nc1-c1ccc(Cl)c(Cl)c1. The lowest BCUT2D eigenvalue weighted by molar-refractivity contribution is 0.102. The van der Waals surface area contributed by atoms with Gasteiger partial charge >= 0.3 is 0 Å². The smallest absolute Gasteiger partial charge is 0.258 e. The predicted molar refractivity (Wildman–Crippen MR) is 114 cm³/mol. The van der Waals surface area contributed by atoms with Crippen LogP contribution >= 0.6 is 50.5 Å². The molecule has 3 aromatic rings. The summed E-state index contributed by atoms with van der Waals surface area (Å²) in [5.74, 6) is -0.199. The molecular formula is C19H15BrCl2N2OS. The summed E-state index contributed by atoms with van der Waals surface area (Å²) in [7, 11) is 0. The minimum absolute atomic E-state index is 0.199. The minimum Gasteiger partial charge on any atom is -0.298 e. The van der Waals surface area contributed by atoms with Crippen LogP contribution in [0.15, 0.2) is 46.9 Å². The van der Waals surface area contributed by atoms with Crippen molar-refractivity contribution in [3.63, 3.8) is 0 Å². The third-order valence-electron chi connectivity index (χ3n) is 3.71. The zero-order valence-corrected chi connectivity index (χ0v) is 17.8. The van der Waals surface area contributed by atoms with Gasteiger partial charge < -0.3 is 0 Å². The molecule has 0 saturated heterocycles. The topological polar surface area (TPSA) is 42.0 Å². The van der Waals surface area contributed by atoms with Gasteiger partial charge in [-0.2, -0.15) is 0 Å². The highest BCUT2D eigenvalue weighted by molar-refractivity contribution is 9.10. The van der Waals surface area contributed by atoms with Crippen LogP contribution in [0.25, 0.3) is 11.3 Å². The van der Waals surface area contributed by atoms with Crippen LogP contribution in [-0.2, 0) is 6.42 Å². The predicted octanol–water partition coefficient (Wildman–Crippen LogP) is 7.08. The van der Waals surface area contributed by atoms with Crippen molar-refractivity contribution in [3.8, 4) is 11.3 Å². The van der Waals surface area contributed by atoms with Crippen LogP contribution < -0.4 is 5.32 Å². The second-order valence-corrected chi connectivity index (χ2v) is 8.36. The van der Waals surface area contributed by atoms with E-state index < -0.39 is 0 Å². The van der Waals surface area contributed by atoms with Crippen molar-refractivity contribution in [3.05, 3.63) is 67.4 Å². The molecule has 0 radical (unpaired) electrons. The van der Waals surface area contributed by atoms with Crippen LogP contribution in [0.1, 0.15) is 28.6 Å². The van der Waals surface area contributed by atoms with Gasteiger partial charge in [-0.25, -0.2) is 4.98 Å². The first-order chi connectivity index (χ1) is 12.5. The molecule has 0 saturated carbocycles. The molecule has 1 amide bonds. The average Bonchev–Trinajstić information content (AvgIpc) is 3.00. The van der Waals surface area contributed by atoms with Gasteiger partial charge in [0.15, 0.2) is 5.13 Å². The number of anilines is 1. The molecule has 0 spiro atoms. The van der Waals surface area contributed by atoms with E-state index in [1.54, 1.807) is 18.2 Å². The van der Waals surface area contributed by atoms with E-state index in [-0.39, 0.29) is 5.91 Å². The first-order valence-corrected chi connectivity index (χ1v) is 10.4. The Morgan fingerprint density at radius 3 is 2.65 bits per heavy atom. The first-order valence-electron chi connectivity index (χ1n) is 8.00. The van der Waals surface area contributed by atoms with Crippen LogP contribution in [0.2, 0.25) is 10.0 Å². The molecule has 2 aromatic carbocycles. The summed E-state index contributed by atoms with van der Waals surface area (Å²) in [6, 6.07) is 12.7. The number of hydrogen-bond acceptors (Lipinski definition) is 3. The third-order valence-corrected chi connectivity index (χ3v) is 6.17. The van der Waals surface area contributed by atoms with Crippen molar-refractivity contribution in [2.45, 2.75) is 19.8 Å². The van der Waals surface area contributed by atoms with E-state index in [1.807, 2.05) is 24.3 Å². The highest BCUT2D eigenvalue weighted by Crippen LogP contribution is 2.35. The van der Waals surface area contributed by atoms with Gasteiger partial charge in [-0.05, 0) is 46.6 Å². The van der Waals surface area contributed by atoms with E-state index in [9.17, 15) is 4.79 Å². The summed E-state index contributed by atoms with van der Waals surface area (Å²) in [5, 5.41) is 4.45. The number of nitrogens with one attached hydrogen (secondary N) is 1. The number of benzene rings is 2. The maximum absolute atomic E-state index is 12.5. The molecule has 7 heteroatoms. The van der Waals surface area contributed by atoms with Gasteiger partial charge in [0, 0.05) is 14.9 Å². The van der Waals surface area contributed by atoms with Crippen LogP contribution in [0.3, 0.4) is 0 Å². The van der Waals surface area contributed by atoms with Crippen molar-refractivity contribution in [2.24, 2.45) is 0 Å². The maximum atomic E-state index is 12.5. The van der Waals surface area contributed by atoms with Crippen LogP contribution in [0, 0.1) is 0 Å². The Labute approximate surface area is 174 Å². The summed E-state index contributed by atoms with van der Waals surface area (Å²) in [6.45, 7) is 2.11. The Balaban J connectivity index is 1.93. The van der Waals surface area contributed by atoms with Gasteiger partial charge in [0.05, 0.1) is 21.3 Å². The highest BCUT2D eigenvalue weighted by atomic mass is 79.9. The van der Waals surface area contributed by atoms with Crippen LogP contribution in [-0.4, -0.2) is 10.9 Å². The van der Waals surface area contributed by atoms with Crippen LogP contribution in [0.5, 0.6) is 0 Å². The lowest BCUT2D eigenvalue weighted by Crippen LogP contribution is -2.12. The molecule has 1 aromatic heterocycles. The second-order valence-electron chi connectivity index (χ2n) is 5.60. The van der Waals surface area contributed by atoms with Gasteiger partial charge in [0.2, 0.25) is 0 Å². The minimum atomic E-state index is -0.199. The molecule has 0 fully saturated rings. The molecule has 26 heavy (non-hydrogen) atoms. The molecule has 3 rings (SSSR count). The fourth-order valence-corrected chi connectivity index (χ4v) is 4.32. The number of carbonyl (C=O) groups is 1. The maximum Gasteiger partial charge on any atom is 0.258 e. The van der Waals surface area contributed by atoms with Gasteiger partial charge in [-0.15, -0.1) is 11.3 Å². The van der Waals surface area contributed by atoms with Gasteiger partial charge in [-0.3, -0.25) is 10.1 Å². The molecule has 0 aliphatic rings. The molecule has 0 aliphatic carbocycles. The Kier molecular flexibility index (Phi) is 6.35. The molecule has 0 aliphatic heterocycles. The number of rotatable bonds is 5. The Bertz CT molecular complexity index is 958. The zero-order valence-electron chi connectivity index (χ0n) is 13.9. The number of amides is 1. The number of carbonyl (C=O) groups excluding carboxylic acids is 1. The number of hydrogen-bond donors (Lipinski definition) is 1. The first kappa shape index (κ1) is 19.4. The number of aryl methyl sites for hydroxylation is 1.